The van der Waals surface area contributed by atoms with Crippen LogP contribution in [0.25, 0.3) is 0 Å². The molecule has 0 aliphatic heterocycles. The molecule has 0 radical (unpaired) electrons. The van der Waals surface area contributed by atoms with Crippen LogP contribution in [0, 0.1) is 0 Å². The van der Waals surface area contributed by atoms with E-state index in [9.17, 15) is 4.21 Å². The molecule has 0 heterocycles. The van der Waals surface area contributed by atoms with Crippen LogP contribution in [0.15, 0.2) is 27.5 Å². The number of hydrogen-bond donors (Lipinski definition) is 0. The first-order valence-electron chi connectivity index (χ1n) is 3.53. The van der Waals surface area contributed by atoms with Gasteiger partial charge in [-0.15, -0.1) is 0 Å². The van der Waals surface area contributed by atoms with Gasteiger partial charge in [0.05, 0.1) is 24.7 Å². The maximum atomic E-state index is 11.9. The average Bonchev–Trinajstić information content (AvgIpc) is 2.03. The SMILES string of the molecule is CN=S(C)(=O)c1c(Cl)cccc1Cl. The zero-order valence-corrected chi connectivity index (χ0v) is 9.58. The third kappa shape index (κ3) is 2.16. The Morgan fingerprint density at radius 3 is 2.15 bits per heavy atom. The molecule has 0 saturated heterocycles. The third-order valence-corrected chi connectivity index (χ3v) is 4.39. The second-order valence-corrected chi connectivity index (χ2v) is 5.73. The number of benzene rings is 1. The van der Waals surface area contributed by atoms with Gasteiger partial charge >= 0.3 is 0 Å². The van der Waals surface area contributed by atoms with Crippen molar-refractivity contribution in [2.75, 3.05) is 13.3 Å². The van der Waals surface area contributed by atoms with E-state index < -0.39 is 9.73 Å². The molecule has 0 fully saturated rings. The molecule has 0 aliphatic rings. The Bertz CT molecular complexity index is 416. The van der Waals surface area contributed by atoms with Crippen molar-refractivity contribution in [3.05, 3.63) is 28.2 Å². The molecular weight excluding hydrogens is 229 g/mol. The summed E-state index contributed by atoms with van der Waals surface area (Å²) in [5.41, 5.74) is 0. The first-order valence-corrected chi connectivity index (χ1v) is 6.21. The van der Waals surface area contributed by atoms with E-state index in [-0.39, 0.29) is 0 Å². The first-order chi connectivity index (χ1) is 5.99. The quantitative estimate of drug-likeness (QED) is 0.739. The summed E-state index contributed by atoms with van der Waals surface area (Å²) in [5, 5.41) is 0.788. The highest BCUT2D eigenvalue weighted by Gasteiger charge is 2.13. The molecule has 13 heavy (non-hydrogen) atoms. The van der Waals surface area contributed by atoms with Crippen LogP contribution >= 0.6 is 23.2 Å². The highest BCUT2D eigenvalue weighted by Crippen LogP contribution is 2.29. The number of halogens is 2. The fourth-order valence-corrected chi connectivity index (χ4v) is 3.23. The average molecular weight is 238 g/mol. The zero-order chi connectivity index (χ0) is 10.1. The molecule has 72 valence electrons. The van der Waals surface area contributed by atoms with E-state index in [1.807, 2.05) is 0 Å². The monoisotopic (exact) mass is 237 g/mol. The molecule has 1 atom stereocenters. The van der Waals surface area contributed by atoms with E-state index in [2.05, 4.69) is 4.36 Å². The van der Waals surface area contributed by atoms with Crippen molar-refractivity contribution >= 4 is 32.9 Å². The molecule has 0 amide bonds. The number of hydrogen-bond acceptors (Lipinski definition) is 2. The minimum absolute atomic E-state index is 0.394. The zero-order valence-electron chi connectivity index (χ0n) is 7.25. The predicted molar refractivity (Wildman–Crippen MR) is 57.1 cm³/mol. The molecule has 5 heteroatoms. The van der Waals surface area contributed by atoms with Crippen LogP contribution in [0.1, 0.15) is 0 Å². The lowest BCUT2D eigenvalue weighted by Crippen LogP contribution is -1.98. The Balaban J connectivity index is 3.56. The van der Waals surface area contributed by atoms with E-state index in [0.29, 0.717) is 14.9 Å². The molecule has 0 spiro atoms. The van der Waals surface area contributed by atoms with Gasteiger partial charge in [-0.25, -0.2) is 8.57 Å². The van der Waals surface area contributed by atoms with Crippen molar-refractivity contribution in [1.82, 2.24) is 0 Å². The van der Waals surface area contributed by atoms with Crippen molar-refractivity contribution in [3.63, 3.8) is 0 Å². The second-order valence-electron chi connectivity index (χ2n) is 2.54. The predicted octanol–water partition coefficient (Wildman–Crippen LogP) is 3.08. The summed E-state index contributed by atoms with van der Waals surface area (Å²) in [5.74, 6) is 0. The maximum Gasteiger partial charge on any atom is 0.0843 e. The van der Waals surface area contributed by atoms with Crippen molar-refractivity contribution in [2.45, 2.75) is 4.90 Å². The lowest BCUT2D eigenvalue weighted by atomic mass is 10.4. The molecule has 1 rings (SSSR count). The lowest BCUT2D eigenvalue weighted by molar-refractivity contribution is 0.680. The summed E-state index contributed by atoms with van der Waals surface area (Å²) < 4.78 is 15.6. The Kier molecular flexibility index (Phi) is 3.22. The van der Waals surface area contributed by atoms with Crippen molar-refractivity contribution in [3.8, 4) is 0 Å². The molecule has 0 bridgehead atoms. The van der Waals surface area contributed by atoms with Crippen LogP contribution in [0.4, 0.5) is 0 Å². The Morgan fingerprint density at radius 2 is 1.77 bits per heavy atom. The summed E-state index contributed by atoms with van der Waals surface area (Å²) in [7, 11) is -0.960. The van der Waals surface area contributed by atoms with Gasteiger partial charge in [0.2, 0.25) is 0 Å². The molecule has 1 aromatic rings. The fraction of sp³-hybridized carbons (Fsp3) is 0.250. The topological polar surface area (TPSA) is 29.4 Å². The van der Waals surface area contributed by atoms with Gasteiger partial charge in [0.25, 0.3) is 0 Å². The molecule has 1 unspecified atom stereocenters. The highest BCUT2D eigenvalue weighted by molar-refractivity contribution is 7.93. The summed E-state index contributed by atoms with van der Waals surface area (Å²) >= 11 is 11.7. The molecule has 0 saturated carbocycles. The van der Waals surface area contributed by atoms with E-state index in [4.69, 9.17) is 23.2 Å². The van der Waals surface area contributed by atoms with Crippen molar-refractivity contribution in [2.24, 2.45) is 4.36 Å². The van der Waals surface area contributed by atoms with Crippen molar-refractivity contribution < 1.29 is 4.21 Å². The van der Waals surface area contributed by atoms with Crippen LogP contribution in [-0.2, 0) is 9.73 Å². The number of nitrogens with zero attached hydrogens (tertiary/aromatic N) is 1. The van der Waals surface area contributed by atoms with Gasteiger partial charge in [-0.1, -0.05) is 29.3 Å². The lowest BCUT2D eigenvalue weighted by Gasteiger charge is -2.07. The van der Waals surface area contributed by atoms with Gasteiger partial charge in [0.1, 0.15) is 0 Å². The molecule has 0 N–H and O–H groups in total. The maximum absolute atomic E-state index is 11.9. The van der Waals surface area contributed by atoms with Crippen LogP contribution in [0.3, 0.4) is 0 Å². The van der Waals surface area contributed by atoms with Crippen LogP contribution in [0.5, 0.6) is 0 Å². The summed E-state index contributed by atoms with van der Waals surface area (Å²) in [6.07, 6.45) is 1.51. The van der Waals surface area contributed by atoms with E-state index in [0.717, 1.165) is 0 Å². The van der Waals surface area contributed by atoms with Gasteiger partial charge < -0.3 is 0 Å². The minimum atomic E-state index is -2.45. The molecular formula is C8H9Cl2NOS. The molecule has 2 nitrogen and oxygen atoms in total. The van der Waals surface area contributed by atoms with E-state index in [1.54, 1.807) is 18.2 Å². The van der Waals surface area contributed by atoms with Gasteiger partial charge in [-0.3, -0.25) is 0 Å². The third-order valence-electron chi connectivity index (χ3n) is 1.65. The molecule has 0 aromatic heterocycles. The Hall–Kier alpha value is -0.250. The van der Waals surface area contributed by atoms with Gasteiger partial charge in [0.15, 0.2) is 0 Å². The van der Waals surface area contributed by atoms with Gasteiger partial charge in [-0.05, 0) is 12.1 Å². The largest absolute Gasteiger partial charge is 0.245 e. The van der Waals surface area contributed by atoms with Gasteiger partial charge in [0, 0.05) is 13.3 Å². The summed E-state index contributed by atoms with van der Waals surface area (Å²) in [6.45, 7) is 0. The molecule has 1 aromatic carbocycles. The summed E-state index contributed by atoms with van der Waals surface area (Å²) in [6, 6.07) is 5.01. The minimum Gasteiger partial charge on any atom is -0.245 e. The highest BCUT2D eigenvalue weighted by atomic mass is 35.5. The Labute approximate surface area is 88.0 Å². The smallest absolute Gasteiger partial charge is 0.0843 e. The normalized spacial score (nSPS) is 15.1. The Morgan fingerprint density at radius 1 is 1.31 bits per heavy atom. The standard InChI is InChI=1S/C8H9Cl2NOS/c1-11-13(2,12)8-6(9)4-3-5-7(8)10/h3-5H,1-2H3. The van der Waals surface area contributed by atoms with E-state index >= 15 is 0 Å². The van der Waals surface area contributed by atoms with Crippen LogP contribution in [0.2, 0.25) is 10.0 Å². The van der Waals surface area contributed by atoms with Crippen molar-refractivity contribution in [1.29, 1.82) is 0 Å². The van der Waals surface area contributed by atoms with Gasteiger partial charge in [-0.2, -0.15) is 0 Å². The fourth-order valence-electron chi connectivity index (χ4n) is 0.936. The number of rotatable bonds is 1. The summed E-state index contributed by atoms with van der Waals surface area (Å²) in [4.78, 5) is 0.417. The van der Waals surface area contributed by atoms with E-state index in [1.165, 1.54) is 13.3 Å². The first kappa shape index (κ1) is 10.8. The second kappa shape index (κ2) is 3.86. The molecule has 0 aliphatic carbocycles. The van der Waals surface area contributed by atoms with Crippen LogP contribution < -0.4 is 0 Å². The van der Waals surface area contributed by atoms with Crippen LogP contribution in [-0.4, -0.2) is 17.5 Å².